The lowest BCUT2D eigenvalue weighted by Gasteiger charge is -2.04. The van der Waals surface area contributed by atoms with E-state index in [-0.39, 0.29) is 11.6 Å². The third kappa shape index (κ3) is 4.29. The third-order valence-electron chi connectivity index (χ3n) is 3.18. The predicted molar refractivity (Wildman–Crippen MR) is 94.6 cm³/mol. The Morgan fingerprint density at radius 2 is 1.54 bits per heavy atom. The Bertz CT molecular complexity index is 936. The summed E-state index contributed by atoms with van der Waals surface area (Å²) in [7, 11) is -3.62. The molecule has 8 heteroatoms. The lowest BCUT2D eigenvalue weighted by molar-refractivity contribution is 0.438. The normalized spacial score (nSPS) is 11.4. The minimum absolute atomic E-state index is 0.0499. The van der Waals surface area contributed by atoms with Crippen LogP contribution in [0.25, 0.3) is 11.3 Å². The molecule has 0 amide bonds. The van der Waals surface area contributed by atoms with Crippen LogP contribution in [0.4, 0.5) is 5.88 Å². The molecular formula is C16H12Cl2N2O3S. The van der Waals surface area contributed by atoms with Crippen LogP contribution in [0, 0.1) is 0 Å². The van der Waals surface area contributed by atoms with Gasteiger partial charge in [0, 0.05) is 21.7 Å². The van der Waals surface area contributed by atoms with Gasteiger partial charge in [-0.15, -0.1) is 0 Å². The summed E-state index contributed by atoms with van der Waals surface area (Å²) in [6, 6.07) is 15.1. The summed E-state index contributed by atoms with van der Waals surface area (Å²) < 4.78 is 31.8. The molecule has 3 rings (SSSR count). The molecule has 0 aliphatic rings. The second-order valence-corrected chi connectivity index (χ2v) is 7.67. The fraction of sp³-hybridized carbons (Fsp3) is 0.0625. The molecule has 2 aromatic carbocycles. The van der Waals surface area contributed by atoms with E-state index in [1.165, 1.54) is 6.07 Å². The fourth-order valence-corrected chi connectivity index (χ4v) is 3.43. The van der Waals surface area contributed by atoms with E-state index in [4.69, 9.17) is 27.7 Å². The number of sulfonamides is 1. The number of benzene rings is 2. The molecule has 5 nitrogen and oxygen atoms in total. The number of nitrogens with one attached hydrogen (secondary N) is 1. The van der Waals surface area contributed by atoms with Crippen LogP contribution in [0.1, 0.15) is 5.56 Å². The average Bonchev–Trinajstić information content (AvgIpc) is 2.98. The highest BCUT2D eigenvalue weighted by Crippen LogP contribution is 2.24. The molecular weight excluding hydrogens is 371 g/mol. The Morgan fingerprint density at radius 1 is 0.958 bits per heavy atom. The molecule has 0 saturated heterocycles. The number of hydrogen-bond donors (Lipinski definition) is 1. The molecule has 124 valence electrons. The molecule has 1 heterocycles. The predicted octanol–water partition coefficient (Wildman–Crippen LogP) is 4.59. The first-order valence-electron chi connectivity index (χ1n) is 6.89. The van der Waals surface area contributed by atoms with Gasteiger partial charge in [-0.3, -0.25) is 4.72 Å². The molecule has 24 heavy (non-hydrogen) atoms. The van der Waals surface area contributed by atoms with Crippen molar-refractivity contribution in [2.45, 2.75) is 5.75 Å². The van der Waals surface area contributed by atoms with E-state index in [2.05, 4.69) is 9.88 Å². The van der Waals surface area contributed by atoms with Crippen molar-refractivity contribution in [3.63, 3.8) is 0 Å². The number of aromatic nitrogens is 1. The van der Waals surface area contributed by atoms with Gasteiger partial charge in [0.15, 0.2) is 0 Å². The van der Waals surface area contributed by atoms with Crippen molar-refractivity contribution in [3.05, 3.63) is 70.2 Å². The summed E-state index contributed by atoms with van der Waals surface area (Å²) in [4.78, 5) is 0. The lowest BCUT2D eigenvalue weighted by Crippen LogP contribution is -2.14. The molecule has 0 spiro atoms. The van der Waals surface area contributed by atoms with E-state index in [0.717, 1.165) is 5.56 Å². The Morgan fingerprint density at radius 3 is 2.17 bits per heavy atom. The maximum absolute atomic E-state index is 12.2. The largest absolute Gasteiger partial charge is 0.337 e. The highest BCUT2D eigenvalue weighted by atomic mass is 35.5. The monoisotopic (exact) mass is 382 g/mol. The van der Waals surface area contributed by atoms with Gasteiger partial charge in [-0.25, -0.2) is 8.42 Å². The Labute approximate surface area is 149 Å². The van der Waals surface area contributed by atoms with Gasteiger partial charge in [0.2, 0.25) is 15.9 Å². The first-order valence-corrected chi connectivity index (χ1v) is 9.30. The summed E-state index contributed by atoms with van der Waals surface area (Å²) in [5.74, 6) is -0.143. The lowest BCUT2D eigenvalue weighted by atomic mass is 10.1. The van der Waals surface area contributed by atoms with E-state index in [1.54, 1.807) is 48.5 Å². The van der Waals surface area contributed by atoms with Gasteiger partial charge >= 0.3 is 0 Å². The summed E-state index contributed by atoms with van der Waals surface area (Å²) in [6.45, 7) is 0. The fourth-order valence-electron chi connectivity index (χ4n) is 2.07. The van der Waals surface area contributed by atoms with Crippen molar-refractivity contribution < 1.29 is 12.9 Å². The standard InChI is InChI=1S/C16H12Cl2N2O3S/c17-13-5-1-11(2-6-13)10-24(21,22)20-16-9-15(19-23-16)12-3-7-14(18)8-4-12/h1-9,20H,10H2. The first kappa shape index (κ1) is 16.8. The van der Waals surface area contributed by atoms with Crippen molar-refractivity contribution in [2.24, 2.45) is 0 Å². The van der Waals surface area contributed by atoms with E-state index in [0.29, 0.717) is 21.3 Å². The smallest absolute Gasteiger partial charge is 0.239 e. The van der Waals surface area contributed by atoms with E-state index >= 15 is 0 Å². The quantitative estimate of drug-likeness (QED) is 0.700. The summed E-state index contributed by atoms with van der Waals surface area (Å²) in [5.41, 5.74) is 1.89. The molecule has 0 saturated carbocycles. The van der Waals surface area contributed by atoms with Gasteiger partial charge in [-0.05, 0) is 29.8 Å². The zero-order chi connectivity index (χ0) is 17.2. The van der Waals surface area contributed by atoms with Crippen molar-refractivity contribution in [2.75, 3.05) is 4.72 Å². The van der Waals surface area contributed by atoms with Gasteiger partial charge in [-0.1, -0.05) is 52.6 Å². The van der Waals surface area contributed by atoms with E-state index < -0.39 is 10.0 Å². The van der Waals surface area contributed by atoms with Crippen LogP contribution in [-0.4, -0.2) is 13.6 Å². The molecule has 0 aliphatic carbocycles. The first-order chi connectivity index (χ1) is 11.4. The Kier molecular flexibility index (Phi) is 4.80. The molecule has 0 radical (unpaired) electrons. The molecule has 0 bridgehead atoms. The third-order valence-corrected chi connectivity index (χ3v) is 4.91. The number of anilines is 1. The van der Waals surface area contributed by atoms with Crippen molar-refractivity contribution >= 4 is 39.1 Å². The maximum atomic E-state index is 12.2. The van der Waals surface area contributed by atoms with Crippen LogP contribution in [0.3, 0.4) is 0 Å². The summed E-state index contributed by atoms with van der Waals surface area (Å²) >= 11 is 11.6. The summed E-state index contributed by atoms with van der Waals surface area (Å²) in [6.07, 6.45) is 0. The number of nitrogens with zero attached hydrogens (tertiary/aromatic N) is 1. The number of hydrogen-bond acceptors (Lipinski definition) is 4. The van der Waals surface area contributed by atoms with Crippen molar-refractivity contribution in [3.8, 4) is 11.3 Å². The Hall–Kier alpha value is -2.02. The van der Waals surface area contributed by atoms with E-state index in [9.17, 15) is 8.42 Å². The number of rotatable bonds is 5. The van der Waals surface area contributed by atoms with Crippen LogP contribution in [-0.2, 0) is 15.8 Å². The highest BCUT2D eigenvalue weighted by Gasteiger charge is 2.15. The number of halogens is 2. The van der Waals surface area contributed by atoms with E-state index in [1.807, 2.05) is 0 Å². The molecule has 0 unspecified atom stereocenters. The minimum Gasteiger partial charge on any atom is -0.337 e. The van der Waals surface area contributed by atoms with Crippen LogP contribution in [0.5, 0.6) is 0 Å². The van der Waals surface area contributed by atoms with Gasteiger partial charge in [0.1, 0.15) is 5.69 Å². The van der Waals surface area contributed by atoms with Crippen LogP contribution >= 0.6 is 23.2 Å². The maximum Gasteiger partial charge on any atom is 0.239 e. The SMILES string of the molecule is O=S(=O)(Cc1ccc(Cl)cc1)Nc1cc(-c2ccc(Cl)cc2)no1. The highest BCUT2D eigenvalue weighted by molar-refractivity contribution is 7.91. The van der Waals surface area contributed by atoms with Gasteiger partial charge in [0.05, 0.1) is 5.75 Å². The molecule has 3 aromatic rings. The molecule has 0 aliphatic heterocycles. The molecule has 1 aromatic heterocycles. The molecule has 0 atom stereocenters. The average molecular weight is 383 g/mol. The van der Waals surface area contributed by atoms with Gasteiger partial charge < -0.3 is 4.52 Å². The summed E-state index contributed by atoms with van der Waals surface area (Å²) in [5, 5.41) is 5.01. The zero-order valence-corrected chi connectivity index (χ0v) is 14.6. The van der Waals surface area contributed by atoms with Gasteiger partial charge in [-0.2, -0.15) is 0 Å². The van der Waals surface area contributed by atoms with Crippen LogP contribution in [0.2, 0.25) is 10.0 Å². The van der Waals surface area contributed by atoms with Crippen molar-refractivity contribution in [1.29, 1.82) is 0 Å². The van der Waals surface area contributed by atoms with Crippen LogP contribution in [0.15, 0.2) is 59.1 Å². The Balaban J connectivity index is 1.73. The van der Waals surface area contributed by atoms with Gasteiger partial charge in [0.25, 0.3) is 0 Å². The molecule has 1 N–H and O–H groups in total. The topological polar surface area (TPSA) is 72.2 Å². The second kappa shape index (κ2) is 6.84. The second-order valence-electron chi connectivity index (χ2n) is 5.07. The molecule has 0 fully saturated rings. The minimum atomic E-state index is -3.62. The zero-order valence-electron chi connectivity index (χ0n) is 12.2. The van der Waals surface area contributed by atoms with Crippen LogP contribution < -0.4 is 4.72 Å². The van der Waals surface area contributed by atoms with Crippen molar-refractivity contribution in [1.82, 2.24) is 5.16 Å².